The molecule has 0 saturated heterocycles. The van der Waals surface area contributed by atoms with Gasteiger partial charge in [-0.15, -0.1) is 12.4 Å². The monoisotopic (exact) mass is 366 g/mol. The molecule has 8 N–H and O–H groups in total. The van der Waals surface area contributed by atoms with E-state index in [4.69, 9.17) is 10.8 Å². The van der Waals surface area contributed by atoms with Crippen molar-refractivity contribution in [1.29, 1.82) is 0 Å². The zero-order valence-corrected chi connectivity index (χ0v) is 13.8. The minimum Gasteiger partial charge on any atom is -0.481 e. The second-order valence-electron chi connectivity index (χ2n) is 4.48. The third-order valence-corrected chi connectivity index (χ3v) is 2.82. The third kappa shape index (κ3) is 9.06. The molecule has 0 spiro atoms. The van der Waals surface area contributed by atoms with Gasteiger partial charge in [0.25, 0.3) is 0 Å². The van der Waals surface area contributed by atoms with Gasteiger partial charge >= 0.3 is 11.9 Å². The summed E-state index contributed by atoms with van der Waals surface area (Å²) in [6, 6.07) is 6.93. The molecule has 0 unspecified atom stereocenters. The highest BCUT2D eigenvalue weighted by Gasteiger charge is 2.25. The van der Waals surface area contributed by atoms with Crippen LogP contribution in [0.15, 0.2) is 30.3 Å². The van der Waals surface area contributed by atoms with E-state index in [1.54, 1.807) is 12.1 Å². The van der Waals surface area contributed by atoms with Crippen LogP contribution in [0.2, 0.25) is 0 Å². The van der Waals surface area contributed by atoms with Gasteiger partial charge in [0.05, 0.1) is 19.6 Å². The van der Waals surface area contributed by atoms with Crippen LogP contribution in [0, 0.1) is 0 Å². The molecule has 0 bridgehead atoms. The van der Waals surface area contributed by atoms with E-state index in [1.807, 2.05) is 18.2 Å². The normalized spacial score (nSPS) is 11.4. The number of carbonyl (C=O) groups excluding carboxylic acids is 2. The molecule has 1 aromatic rings. The van der Waals surface area contributed by atoms with Crippen LogP contribution in [0.1, 0.15) is 12.0 Å². The number of nitrogens with one attached hydrogen (secondary N) is 1. The number of amides is 1. The van der Waals surface area contributed by atoms with Crippen molar-refractivity contribution in [2.24, 2.45) is 5.73 Å². The standard InChI is InChI=1S/C14H18N2O5.ClH.2H2O/c1-21-14(20)11(7-9-5-3-2-4-6-9)16-13(19)10(15)8-12(17)18;;;/h2-6,10-11H,7-8,15H2,1H3,(H,16,19)(H,17,18);1H;2*1H2/t10-,11-;;;/m0.../s1. The van der Waals surface area contributed by atoms with Crippen LogP contribution < -0.4 is 11.1 Å². The summed E-state index contributed by atoms with van der Waals surface area (Å²) in [6.45, 7) is 0. The van der Waals surface area contributed by atoms with Crippen LogP contribution in [0.4, 0.5) is 0 Å². The van der Waals surface area contributed by atoms with Gasteiger partial charge in [-0.05, 0) is 5.56 Å². The summed E-state index contributed by atoms with van der Waals surface area (Å²) < 4.78 is 4.64. The summed E-state index contributed by atoms with van der Waals surface area (Å²) in [7, 11) is 1.21. The van der Waals surface area contributed by atoms with Crippen LogP contribution in [0.25, 0.3) is 0 Å². The molecule has 10 heteroatoms. The molecule has 0 aliphatic carbocycles. The molecule has 0 aliphatic rings. The van der Waals surface area contributed by atoms with E-state index >= 15 is 0 Å². The molecule has 0 heterocycles. The molecule has 0 fully saturated rings. The van der Waals surface area contributed by atoms with Gasteiger partial charge in [0, 0.05) is 6.42 Å². The van der Waals surface area contributed by atoms with E-state index in [0.717, 1.165) is 5.56 Å². The second-order valence-corrected chi connectivity index (χ2v) is 4.48. The zero-order valence-electron chi connectivity index (χ0n) is 13.0. The zero-order chi connectivity index (χ0) is 15.8. The minimum atomic E-state index is -1.22. The van der Waals surface area contributed by atoms with E-state index in [-0.39, 0.29) is 29.8 Å². The Bertz CT molecular complexity index is 513. The Kier molecular flexibility index (Phi) is 14.7. The molecule has 0 saturated carbocycles. The average Bonchev–Trinajstić information content (AvgIpc) is 2.46. The van der Waals surface area contributed by atoms with Crippen molar-refractivity contribution in [3.8, 4) is 0 Å². The highest BCUT2D eigenvalue weighted by atomic mass is 35.5. The van der Waals surface area contributed by atoms with E-state index in [1.165, 1.54) is 7.11 Å². The Morgan fingerprint density at radius 2 is 1.75 bits per heavy atom. The lowest BCUT2D eigenvalue weighted by Crippen LogP contribution is -2.50. The van der Waals surface area contributed by atoms with E-state index in [0.29, 0.717) is 0 Å². The topological polar surface area (TPSA) is 182 Å². The molecule has 0 aliphatic heterocycles. The second kappa shape index (κ2) is 13.3. The maximum Gasteiger partial charge on any atom is 0.328 e. The number of hydrogen-bond donors (Lipinski definition) is 3. The number of ether oxygens (including phenoxy) is 1. The van der Waals surface area contributed by atoms with Crippen molar-refractivity contribution in [3.05, 3.63) is 35.9 Å². The molecule has 0 aromatic heterocycles. The predicted octanol–water partition coefficient (Wildman–Crippen LogP) is -1.54. The summed E-state index contributed by atoms with van der Waals surface area (Å²) in [5, 5.41) is 11.0. The summed E-state index contributed by atoms with van der Waals surface area (Å²) >= 11 is 0. The van der Waals surface area contributed by atoms with Crippen molar-refractivity contribution in [2.75, 3.05) is 7.11 Å². The first-order valence-corrected chi connectivity index (χ1v) is 6.33. The quantitative estimate of drug-likeness (QED) is 0.491. The van der Waals surface area contributed by atoms with Gasteiger partial charge in [0.15, 0.2) is 0 Å². The first kappa shape index (κ1) is 26.7. The highest BCUT2D eigenvalue weighted by Crippen LogP contribution is 2.05. The van der Waals surface area contributed by atoms with E-state index in [9.17, 15) is 14.4 Å². The fourth-order valence-electron chi connectivity index (χ4n) is 1.74. The molecule has 1 amide bonds. The maximum atomic E-state index is 11.8. The Hall–Kier alpha value is -2.20. The Labute approximate surface area is 145 Å². The summed E-state index contributed by atoms with van der Waals surface area (Å²) in [5.74, 6) is -2.51. The van der Waals surface area contributed by atoms with Crippen LogP contribution in [0.5, 0.6) is 0 Å². The number of benzene rings is 1. The maximum absolute atomic E-state index is 11.8. The Morgan fingerprint density at radius 1 is 1.21 bits per heavy atom. The smallest absolute Gasteiger partial charge is 0.328 e. The molecule has 138 valence electrons. The number of hydrogen-bond acceptors (Lipinski definition) is 5. The number of nitrogens with two attached hydrogens (primary N) is 1. The van der Waals surface area contributed by atoms with Gasteiger partial charge in [-0.3, -0.25) is 9.59 Å². The van der Waals surface area contributed by atoms with E-state index < -0.39 is 36.4 Å². The van der Waals surface area contributed by atoms with Gasteiger partial charge in [-0.25, -0.2) is 4.79 Å². The number of carbonyl (C=O) groups is 3. The first-order chi connectivity index (χ1) is 9.93. The molecule has 1 rings (SSSR count). The summed E-state index contributed by atoms with van der Waals surface area (Å²) in [4.78, 5) is 34.0. The van der Waals surface area contributed by atoms with Gasteiger partial charge in [0.2, 0.25) is 5.91 Å². The first-order valence-electron chi connectivity index (χ1n) is 6.33. The molecule has 9 nitrogen and oxygen atoms in total. The summed E-state index contributed by atoms with van der Waals surface area (Å²) in [6.07, 6.45) is -0.274. The number of methoxy groups -OCH3 is 1. The SMILES string of the molecule is COC(=O)[C@H](Cc1ccccc1)NC(=O)[C@@H](N)CC(=O)O.Cl.O.O. The number of halogens is 1. The lowest BCUT2D eigenvalue weighted by molar-refractivity contribution is -0.145. The Morgan fingerprint density at radius 3 is 2.21 bits per heavy atom. The number of aliphatic carboxylic acids is 1. The predicted molar refractivity (Wildman–Crippen MR) is 88.8 cm³/mol. The van der Waals surface area contributed by atoms with Crippen molar-refractivity contribution in [3.63, 3.8) is 0 Å². The number of esters is 1. The average molecular weight is 367 g/mol. The van der Waals surface area contributed by atoms with E-state index in [2.05, 4.69) is 10.1 Å². The Balaban J connectivity index is -0.00000147. The molecule has 24 heavy (non-hydrogen) atoms. The highest BCUT2D eigenvalue weighted by molar-refractivity contribution is 5.89. The van der Waals surface area contributed by atoms with Crippen LogP contribution in [-0.4, -0.2) is 53.1 Å². The lowest BCUT2D eigenvalue weighted by Gasteiger charge is -2.18. The number of rotatable bonds is 7. The molecule has 1 aromatic carbocycles. The number of carboxylic acids is 1. The van der Waals surface area contributed by atoms with Crippen molar-refractivity contribution >= 4 is 30.3 Å². The van der Waals surface area contributed by atoms with Crippen molar-refractivity contribution in [2.45, 2.75) is 24.9 Å². The number of carboxylic acid groups (broad SMARTS) is 1. The molecular formula is C14H23ClN2O7. The minimum absolute atomic E-state index is 0. The van der Waals surface area contributed by atoms with Gasteiger partial charge in [-0.2, -0.15) is 0 Å². The lowest BCUT2D eigenvalue weighted by atomic mass is 10.1. The molecule has 2 atom stereocenters. The van der Waals surface area contributed by atoms with Crippen LogP contribution in [-0.2, 0) is 25.5 Å². The fourth-order valence-corrected chi connectivity index (χ4v) is 1.74. The molecular weight excluding hydrogens is 344 g/mol. The van der Waals surface area contributed by atoms with Gasteiger partial charge in [0.1, 0.15) is 6.04 Å². The van der Waals surface area contributed by atoms with Gasteiger partial charge in [-0.1, -0.05) is 30.3 Å². The van der Waals surface area contributed by atoms with Crippen LogP contribution in [0.3, 0.4) is 0 Å². The largest absolute Gasteiger partial charge is 0.481 e. The van der Waals surface area contributed by atoms with Crippen LogP contribution >= 0.6 is 12.4 Å². The third-order valence-electron chi connectivity index (χ3n) is 2.82. The fraction of sp³-hybridized carbons (Fsp3) is 0.357. The van der Waals surface area contributed by atoms with Crippen molar-refractivity contribution in [1.82, 2.24) is 5.32 Å². The summed E-state index contributed by atoms with van der Waals surface area (Å²) in [5.41, 5.74) is 6.29. The van der Waals surface area contributed by atoms with Crippen molar-refractivity contribution < 1.29 is 35.2 Å². The van der Waals surface area contributed by atoms with Gasteiger partial charge < -0.3 is 31.8 Å². The molecule has 0 radical (unpaired) electrons.